The van der Waals surface area contributed by atoms with E-state index in [0.717, 1.165) is 19.2 Å². The van der Waals surface area contributed by atoms with Crippen molar-refractivity contribution in [1.29, 1.82) is 0 Å². The summed E-state index contributed by atoms with van der Waals surface area (Å²) in [4.78, 5) is 12.3. The number of nitrogens with two attached hydrogens (primary N) is 1. The molecule has 1 unspecified atom stereocenters. The van der Waals surface area contributed by atoms with Crippen LogP contribution in [0.1, 0.15) is 25.8 Å². The fourth-order valence-corrected chi connectivity index (χ4v) is 3.41. The lowest BCUT2D eigenvalue weighted by atomic mass is 10.1. The van der Waals surface area contributed by atoms with Crippen LogP contribution in [0.4, 0.5) is 5.69 Å². The third-order valence-corrected chi connectivity index (χ3v) is 5.31. The molecule has 0 saturated carbocycles. The molecule has 0 heterocycles. The van der Waals surface area contributed by atoms with Gasteiger partial charge in [-0.25, -0.2) is 13.1 Å². The Balaban J connectivity index is 0.00000529. The monoisotopic (exact) mass is 380 g/mol. The topological polar surface area (TPSA) is 119 Å². The summed E-state index contributed by atoms with van der Waals surface area (Å²) in [5.74, 6) is 0. The first-order chi connectivity index (χ1) is 10.8. The van der Waals surface area contributed by atoms with Crippen molar-refractivity contribution < 1.29 is 13.3 Å². The molecule has 8 nitrogen and oxygen atoms in total. The molecule has 0 fully saturated rings. The predicted molar refractivity (Wildman–Crippen MR) is 95.8 cm³/mol. The van der Waals surface area contributed by atoms with E-state index in [0.29, 0.717) is 18.4 Å². The molecule has 1 aromatic rings. The van der Waals surface area contributed by atoms with Gasteiger partial charge in [0.25, 0.3) is 5.69 Å². The van der Waals surface area contributed by atoms with E-state index in [1.165, 1.54) is 19.2 Å². The molecule has 3 N–H and O–H groups in total. The minimum atomic E-state index is -3.77. The second-order valence-electron chi connectivity index (χ2n) is 5.08. The third kappa shape index (κ3) is 5.67. The molecule has 0 bridgehead atoms. The van der Waals surface area contributed by atoms with E-state index >= 15 is 0 Å². The number of nitrogens with one attached hydrogen (secondary N) is 1. The number of aryl methyl sites for hydroxylation is 1. The third-order valence-electron chi connectivity index (χ3n) is 3.81. The first-order valence-electron chi connectivity index (χ1n) is 7.47. The highest BCUT2D eigenvalue weighted by Crippen LogP contribution is 2.23. The Morgan fingerprint density at radius 2 is 1.92 bits per heavy atom. The maximum Gasteiger partial charge on any atom is 0.270 e. The Kier molecular flexibility index (Phi) is 9.38. The highest BCUT2D eigenvalue weighted by Gasteiger charge is 2.21. The van der Waals surface area contributed by atoms with Crippen LogP contribution in [0.25, 0.3) is 0 Å². The highest BCUT2D eigenvalue weighted by atomic mass is 35.5. The molecule has 1 atom stereocenters. The smallest absolute Gasteiger partial charge is 0.270 e. The van der Waals surface area contributed by atoms with Crippen molar-refractivity contribution in [3.8, 4) is 0 Å². The number of rotatable bonds is 9. The lowest BCUT2D eigenvalue weighted by Gasteiger charge is -2.26. The van der Waals surface area contributed by atoms with Crippen molar-refractivity contribution in [2.45, 2.75) is 37.8 Å². The molecule has 10 heteroatoms. The largest absolute Gasteiger partial charge is 0.316 e. The summed E-state index contributed by atoms with van der Waals surface area (Å²) in [5, 5.41) is 10.9. The minimum absolute atomic E-state index is 0. The summed E-state index contributed by atoms with van der Waals surface area (Å²) in [6.07, 6.45) is 0.794. The zero-order valence-corrected chi connectivity index (χ0v) is 15.7. The minimum Gasteiger partial charge on any atom is -0.316 e. The summed E-state index contributed by atoms with van der Waals surface area (Å²) in [6, 6.07) is 3.88. The van der Waals surface area contributed by atoms with E-state index in [2.05, 4.69) is 9.62 Å². The summed E-state index contributed by atoms with van der Waals surface area (Å²) in [7, 11) is -2.50. The molecule has 1 rings (SSSR count). The van der Waals surface area contributed by atoms with Crippen LogP contribution in [0, 0.1) is 10.1 Å². The second kappa shape index (κ2) is 9.90. The van der Waals surface area contributed by atoms with Crippen LogP contribution >= 0.6 is 12.4 Å². The maximum atomic E-state index is 12.1. The van der Waals surface area contributed by atoms with Gasteiger partial charge in [-0.3, -0.25) is 15.0 Å². The average molecular weight is 381 g/mol. The van der Waals surface area contributed by atoms with Crippen molar-refractivity contribution in [2.24, 2.45) is 5.73 Å². The van der Waals surface area contributed by atoms with Crippen molar-refractivity contribution >= 4 is 28.1 Å². The SMILES string of the molecule is CCN(CC)C(N)CCc1ccc([N+](=O)[O-])cc1S(=O)(=O)NC.Cl. The number of nitro benzene ring substituents is 1. The van der Waals surface area contributed by atoms with Gasteiger partial charge in [-0.2, -0.15) is 0 Å². The van der Waals surface area contributed by atoms with Crippen LogP contribution in [-0.4, -0.2) is 44.5 Å². The number of non-ortho nitro benzene ring substituents is 1. The van der Waals surface area contributed by atoms with Crippen LogP contribution < -0.4 is 10.5 Å². The second-order valence-corrected chi connectivity index (χ2v) is 6.94. The lowest BCUT2D eigenvalue weighted by Crippen LogP contribution is -2.42. The number of nitrogens with zero attached hydrogens (tertiary/aromatic N) is 2. The normalized spacial score (nSPS) is 12.7. The Bertz CT molecular complexity index is 650. The van der Waals surface area contributed by atoms with Gasteiger partial charge in [-0.05, 0) is 38.5 Å². The molecular weight excluding hydrogens is 356 g/mol. The van der Waals surface area contributed by atoms with E-state index in [4.69, 9.17) is 5.73 Å². The number of hydrogen-bond donors (Lipinski definition) is 2. The van der Waals surface area contributed by atoms with Crippen molar-refractivity contribution in [2.75, 3.05) is 20.1 Å². The van der Waals surface area contributed by atoms with Crippen LogP contribution in [-0.2, 0) is 16.4 Å². The maximum absolute atomic E-state index is 12.1. The fraction of sp³-hybridized carbons (Fsp3) is 0.571. The van der Waals surface area contributed by atoms with E-state index < -0.39 is 14.9 Å². The summed E-state index contributed by atoms with van der Waals surface area (Å²) in [5.41, 5.74) is 6.38. The van der Waals surface area contributed by atoms with Gasteiger partial charge in [-0.15, -0.1) is 12.4 Å². The Labute approximate surface area is 149 Å². The highest BCUT2D eigenvalue weighted by molar-refractivity contribution is 7.89. The quantitative estimate of drug-likeness (QED) is 0.380. The molecule has 1 aromatic carbocycles. The molecule has 0 aliphatic carbocycles. The van der Waals surface area contributed by atoms with Gasteiger partial charge >= 0.3 is 0 Å². The molecule has 0 spiro atoms. The number of sulfonamides is 1. The number of halogens is 1. The van der Waals surface area contributed by atoms with E-state index in [1.54, 1.807) is 0 Å². The summed E-state index contributed by atoms with van der Waals surface area (Å²) in [6.45, 7) is 5.62. The molecule has 0 amide bonds. The van der Waals surface area contributed by atoms with Crippen molar-refractivity contribution in [1.82, 2.24) is 9.62 Å². The number of hydrogen-bond acceptors (Lipinski definition) is 6. The zero-order chi connectivity index (χ0) is 17.6. The van der Waals surface area contributed by atoms with E-state index in [-0.39, 0.29) is 29.2 Å². The molecule has 0 saturated heterocycles. The van der Waals surface area contributed by atoms with Crippen LogP contribution in [0.15, 0.2) is 23.1 Å². The van der Waals surface area contributed by atoms with Crippen molar-refractivity contribution in [3.63, 3.8) is 0 Å². The Hall–Kier alpha value is -1.26. The van der Waals surface area contributed by atoms with Gasteiger partial charge < -0.3 is 5.73 Å². The molecule has 0 radical (unpaired) electrons. The van der Waals surface area contributed by atoms with Crippen LogP contribution in [0.3, 0.4) is 0 Å². The van der Waals surface area contributed by atoms with Gasteiger partial charge in [0.15, 0.2) is 0 Å². The first-order valence-corrected chi connectivity index (χ1v) is 8.95. The van der Waals surface area contributed by atoms with Gasteiger partial charge in [0.2, 0.25) is 10.0 Å². The standard InChI is InChI=1S/C14H24N4O4S.ClH/c1-4-17(5-2)14(15)9-7-11-6-8-12(18(19)20)10-13(11)23(21,22)16-3;/h6,8,10,14,16H,4-5,7,9,15H2,1-3H3;1H. The molecule has 0 aliphatic rings. The van der Waals surface area contributed by atoms with Crippen LogP contribution in [0.2, 0.25) is 0 Å². The molecule has 0 aromatic heterocycles. The predicted octanol–water partition coefficient (Wildman–Crippen LogP) is 1.48. The van der Waals surface area contributed by atoms with Gasteiger partial charge in [0.05, 0.1) is 16.0 Å². The molecule has 0 aliphatic heterocycles. The first kappa shape index (κ1) is 22.7. The molecular formula is C14H25ClN4O4S. The van der Waals surface area contributed by atoms with Gasteiger partial charge in [0.1, 0.15) is 0 Å². The number of benzene rings is 1. The summed E-state index contributed by atoms with van der Waals surface area (Å²) >= 11 is 0. The Morgan fingerprint density at radius 1 is 1.33 bits per heavy atom. The zero-order valence-electron chi connectivity index (χ0n) is 14.1. The average Bonchev–Trinajstić information content (AvgIpc) is 2.53. The summed E-state index contributed by atoms with van der Waals surface area (Å²) < 4.78 is 26.4. The number of nitro groups is 1. The molecule has 138 valence electrons. The van der Waals surface area contributed by atoms with Crippen LogP contribution in [0.5, 0.6) is 0 Å². The van der Waals surface area contributed by atoms with Gasteiger partial charge in [0, 0.05) is 12.1 Å². The fourth-order valence-electron chi connectivity index (χ4n) is 2.40. The van der Waals surface area contributed by atoms with Crippen molar-refractivity contribution in [3.05, 3.63) is 33.9 Å². The molecule has 24 heavy (non-hydrogen) atoms. The van der Waals surface area contributed by atoms with E-state index in [9.17, 15) is 18.5 Å². The van der Waals surface area contributed by atoms with E-state index in [1.807, 2.05) is 13.8 Å². The van der Waals surface area contributed by atoms with Gasteiger partial charge in [-0.1, -0.05) is 19.9 Å². The Morgan fingerprint density at radius 3 is 2.38 bits per heavy atom. The lowest BCUT2D eigenvalue weighted by molar-refractivity contribution is -0.385.